The first-order valence-electron chi connectivity index (χ1n) is 4.23. The predicted octanol–water partition coefficient (Wildman–Crippen LogP) is 2.49. The molecule has 11 heavy (non-hydrogen) atoms. The van der Waals surface area contributed by atoms with E-state index in [9.17, 15) is 0 Å². The van der Waals surface area contributed by atoms with Crippen LogP contribution in [0.3, 0.4) is 0 Å². The molecule has 1 aromatic heterocycles. The number of hydrogen-bond acceptors (Lipinski definition) is 1. The van der Waals surface area contributed by atoms with Crippen LogP contribution in [0.15, 0.2) is 18.7 Å². The summed E-state index contributed by atoms with van der Waals surface area (Å²) in [6.45, 7) is 6.70. The zero-order valence-corrected chi connectivity index (χ0v) is 7.49. The summed E-state index contributed by atoms with van der Waals surface area (Å²) in [4.78, 5) is 4.04. The fraction of sp³-hybridized carbons (Fsp3) is 0.667. The number of nitrogens with zero attached hydrogens (tertiary/aromatic N) is 2. The maximum Gasteiger partial charge on any atom is 0.0948 e. The van der Waals surface area contributed by atoms with Crippen LogP contribution in [-0.4, -0.2) is 9.55 Å². The van der Waals surface area contributed by atoms with Crippen LogP contribution in [0.5, 0.6) is 0 Å². The Morgan fingerprint density at radius 3 is 2.55 bits per heavy atom. The van der Waals surface area contributed by atoms with Crippen molar-refractivity contribution in [3.63, 3.8) is 0 Å². The molecule has 62 valence electrons. The van der Waals surface area contributed by atoms with E-state index in [2.05, 4.69) is 30.3 Å². The van der Waals surface area contributed by atoms with E-state index in [4.69, 9.17) is 0 Å². The normalized spacial score (nSPS) is 13.8. The van der Waals surface area contributed by atoms with Gasteiger partial charge >= 0.3 is 0 Å². The molecule has 0 bridgehead atoms. The summed E-state index contributed by atoms with van der Waals surface area (Å²) in [6, 6.07) is 0.609. The van der Waals surface area contributed by atoms with Crippen molar-refractivity contribution in [3.8, 4) is 0 Å². The zero-order chi connectivity index (χ0) is 8.27. The molecule has 0 fully saturated rings. The number of aromatic nitrogens is 2. The molecule has 2 heteroatoms. The summed E-state index contributed by atoms with van der Waals surface area (Å²) >= 11 is 0. The second-order valence-electron chi connectivity index (χ2n) is 3.23. The Morgan fingerprint density at radius 1 is 1.45 bits per heavy atom. The molecule has 1 rings (SSSR count). The van der Waals surface area contributed by atoms with E-state index in [0.29, 0.717) is 12.0 Å². The molecule has 0 amide bonds. The van der Waals surface area contributed by atoms with Gasteiger partial charge in [0.05, 0.1) is 6.33 Å². The van der Waals surface area contributed by atoms with E-state index < -0.39 is 0 Å². The molecule has 0 N–H and O–H groups in total. The second kappa shape index (κ2) is 3.56. The predicted molar refractivity (Wildman–Crippen MR) is 46.4 cm³/mol. The van der Waals surface area contributed by atoms with E-state index in [1.807, 2.05) is 18.7 Å². The molecule has 0 aliphatic carbocycles. The highest BCUT2D eigenvalue weighted by Gasteiger charge is 2.11. The lowest BCUT2D eigenvalue weighted by molar-refractivity contribution is 0.365. The maximum absolute atomic E-state index is 4.04. The highest BCUT2D eigenvalue weighted by Crippen LogP contribution is 2.19. The summed E-state index contributed by atoms with van der Waals surface area (Å²) < 4.78 is 2.19. The standard InChI is InChI=1S/C9H16N2/c1-4-9(8(2)3)11-6-5-10-7-11/h5-9H,4H2,1-3H3. The number of rotatable bonds is 3. The summed E-state index contributed by atoms with van der Waals surface area (Å²) in [5.41, 5.74) is 0. The molecule has 1 heterocycles. The average Bonchev–Trinajstić information content (AvgIpc) is 2.40. The molecule has 0 saturated heterocycles. The van der Waals surface area contributed by atoms with E-state index in [0.717, 1.165) is 0 Å². The van der Waals surface area contributed by atoms with Crippen molar-refractivity contribution in [2.45, 2.75) is 33.2 Å². The van der Waals surface area contributed by atoms with Crippen LogP contribution in [0, 0.1) is 5.92 Å². The minimum absolute atomic E-state index is 0.609. The van der Waals surface area contributed by atoms with Gasteiger partial charge in [-0.15, -0.1) is 0 Å². The van der Waals surface area contributed by atoms with Crippen LogP contribution in [-0.2, 0) is 0 Å². The first-order valence-corrected chi connectivity index (χ1v) is 4.23. The van der Waals surface area contributed by atoms with Crippen LogP contribution in [0.25, 0.3) is 0 Å². The third kappa shape index (κ3) is 1.82. The molecule has 0 aliphatic heterocycles. The topological polar surface area (TPSA) is 17.8 Å². The highest BCUT2D eigenvalue weighted by molar-refractivity contribution is 4.81. The Morgan fingerprint density at radius 2 is 2.18 bits per heavy atom. The Kier molecular flexibility index (Phi) is 2.69. The van der Waals surface area contributed by atoms with Crippen LogP contribution >= 0.6 is 0 Å². The molecular weight excluding hydrogens is 136 g/mol. The van der Waals surface area contributed by atoms with Gasteiger partial charge < -0.3 is 4.57 Å². The van der Waals surface area contributed by atoms with Gasteiger partial charge in [-0.2, -0.15) is 0 Å². The van der Waals surface area contributed by atoms with Crippen molar-refractivity contribution in [1.29, 1.82) is 0 Å². The summed E-state index contributed by atoms with van der Waals surface area (Å²) in [6.07, 6.45) is 6.95. The van der Waals surface area contributed by atoms with Crippen molar-refractivity contribution in [2.24, 2.45) is 5.92 Å². The lowest BCUT2D eigenvalue weighted by atomic mass is 10.0. The smallest absolute Gasteiger partial charge is 0.0948 e. The van der Waals surface area contributed by atoms with Gasteiger partial charge in [0.1, 0.15) is 0 Å². The monoisotopic (exact) mass is 152 g/mol. The first kappa shape index (κ1) is 8.31. The fourth-order valence-corrected chi connectivity index (χ4v) is 1.49. The second-order valence-corrected chi connectivity index (χ2v) is 3.23. The minimum Gasteiger partial charge on any atom is -0.334 e. The van der Waals surface area contributed by atoms with Gasteiger partial charge in [0, 0.05) is 18.4 Å². The van der Waals surface area contributed by atoms with Crippen LogP contribution < -0.4 is 0 Å². The third-order valence-electron chi connectivity index (χ3n) is 2.10. The maximum atomic E-state index is 4.04. The fourth-order valence-electron chi connectivity index (χ4n) is 1.49. The Balaban J connectivity index is 2.71. The van der Waals surface area contributed by atoms with E-state index in [1.54, 1.807) is 0 Å². The average molecular weight is 152 g/mol. The van der Waals surface area contributed by atoms with Gasteiger partial charge in [-0.1, -0.05) is 20.8 Å². The summed E-state index contributed by atoms with van der Waals surface area (Å²) in [7, 11) is 0. The molecule has 0 aromatic carbocycles. The Labute approximate surface area is 68.3 Å². The lowest BCUT2D eigenvalue weighted by Gasteiger charge is -2.19. The zero-order valence-electron chi connectivity index (χ0n) is 7.49. The van der Waals surface area contributed by atoms with Crippen LogP contribution in [0.2, 0.25) is 0 Å². The van der Waals surface area contributed by atoms with E-state index in [-0.39, 0.29) is 0 Å². The van der Waals surface area contributed by atoms with Crippen molar-refractivity contribution in [1.82, 2.24) is 9.55 Å². The van der Waals surface area contributed by atoms with Crippen molar-refractivity contribution in [3.05, 3.63) is 18.7 Å². The van der Waals surface area contributed by atoms with E-state index in [1.165, 1.54) is 6.42 Å². The van der Waals surface area contributed by atoms with Crippen molar-refractivity contribution >= 4 is 0 Å². The quantitative estimate of drug-likeness (QED) is 0.650. The van der Waals surface area contributed by atoms with Crippen molar-refractivity contribution < 1.29 is 0 Å². The van der Waals surface area contributed by atoms with Gasteiger partial charge in [0.15, 0.2) is 0 Å². The molecule has 1 aromatic rings. The van der Waals surface area contributed by atoms with Gasteiger partial charge in [0.2, 0.25) is 0 Å². The van der Waals surface area contributed by atoms with Crippen LogP contribution in [0.4, 0.5) is 0 Å². The molecule has 0 spiro atoms. The van der Waals surface area contributed by atoms with E-state index >= 15 is 0 Å². The third-order valence-corrected chi connectivity index (χ3v) is 2.10. The van der Waals surface area contributed by atoms with Gasteiger partial charge in [0.25, 0.3) is 0 Å². The van der Waals surface area contributed by atoms with Gasteiger partial charge in [-0.25, -0.2) is 4.98 Å². The van der Waals surface area contributed by atoms with Crippen molar-refractivity contribution in [2.75, 3.05) is 0 Å². The SMILES string of the molecule is CCC(C(C)C)n1ccnc1. The lowest BCUT2D eigenvalue weighted by Crippen LogP contribution is -2.12. The molecule has 1 atom stereocenters. The molecule has 1 unspecified atom stereocenters. The Hall–Kier alpha value is -0.790. The molecular formula is C9H16N2. The van der Waals surface area contributed by atoms with Gasteiger partial charge in [-0.3, -0.25) is 0 Å². The molecule has 2 nitrogen and oxygen atoms in total. The van der Waals surface area contributed by atoms with Gasteiger partial charge in [-0.05, 0) is 12.3 Å². The first-order chi connectivity index (χ1) is 5.25. The highest BCUT2D eigenvalue weighted by atomic mass is 15.0. The molecule has 0 aliphatic rings. The largest absolute Gasteiger partial charge is 0.334 e. The van der Waals surface area contributed by atoms with Crippen LogP contribution in [0.1, 0.15) is 33.2 Å². The molecule has 0 radical (unpaired) electrons. The number of imidazole rings is 1. The Bertz CT molecular complexity index is 189. The minimum atomic E-state index is 0.609. The molecule has 0 saturated carbocycles. The number of hydrogen-bond donors (Lipinski definition) is 0. The summed E-state index contributed by atoms with van der Waals surface area (Å²) in [5.74, 6) is 0.689. The summed E-state index contributed by atoms with van der Waals surface area (Å²) in [5, 5.41) is 0.